The van der Waals surface area contributed by atoms with Crippen LogP contribution < -0.4 is 0 Å². The quantitative estimate of drug-likeness (QED) is 0.807. The van der Waals surface area contributed by atoms with Gasteiger partial charge in [-0.05, 0) is 56.1 Å². The van der Waals surface area contributed by atoms with E-state index in [2.05, 4.69) is 31.9 Å². The number of aliphatic hydroxyl groups excluding tert-OH is 1. The maximum Gasteiger partial charge on any atom is 0.206 e. The van der Waals surface area contributed by atoms with E-state index in [1.807, 2.05) is 6.07 Å². The second-order valence-corrected chi connectivity index (χ2v) is 7.97. The third-order valence-corrected chi connectivity index (χ3v) is 5.24. The summed E-state index contributed by atoms with van der Waals surface area (Å²) in [7, 11) is 0. The van der Waals surface area contributed by atoms with Crippen LogP contribution in [0.15, 0.2) is 31.8 Å². The molecule has 2 aromatic rings. The van der Waals surface area contributed by atoms with Crippen LogP contribution in [0.4, 0.5) is 0 Å². The largest absolute Gasteiger partial charge is 0.379 e. The molecule has 0 radical (unpaired) electrons. The van der Waals surface area contributed by atoms with Crippen molar-refractivity contribution in [3.63, 3.8) is 0 Å². The molecule has 0 bridgehead atoms. The molecule has 1 N–H and O–H groups in total. The van der Waals surface area contributed by atoms with Gasteiger partial charge in [-0.2, -0.15) is 0 Å². The number of ketones is 1. The first kappa shape index (κ1) is 12.4. The Morgan fingerprint density at radius 3 is 2.25 bits per heavy atom. The van der Waals surface area contributed by atoms with E-state index >= 15 is 0 Å². The molecule has 2 rings (SSSR count). The summed E-state index contributed by atoms with van der Waals surface area (Å²) in [5, 5.41) is 9.90. The second kappa shape index (κ2) is 5.10. The monoisotopic (exact) mass is 380 g/mol. The molecule has 84 valence electrons. The van der Waals surface area contributed by atoms with Crippen molar-refractivity contribution in [2.45, 2.75) is 6.10 Å². The first-order chi connectivity index (χ1) is 7.58. The van der Waals surface area contributed by atoms with E-state index in [-0.39, 0.29) is 5.78 Å². The summed E-state index contributed by atoms with van der Waals surface area (Å²) in [4.78, 5) is 13.1. The van der Waals surface area contributed by atoms with Gasteiger partial charge < -0.3 is 5.11 Å². The predicted octanol–water partition coefficient (Wildman–Crippen LogP) is 4.25. The molecule has 0 aliphatic rings. The number of rotatable bonds is 3. The first-order valence-corrected chi connectivity index (χ1v) is 7.52. The molecule has 0 aliphatic carbocycles. The lowest BCUT2D eigenvalue weighted by Crippen LogP contribution is -2.09. The Balaban J connectivity index is 2.22. The van der Waals surface area contributed by atoms with Gasteiger partial charge in [0.15, 0.2) is 6.10 Å². The average Bonchev–Trinajstić information content (AvgIpc) is 2.85. The van der Waals surface area contributed by atoms with Crippen molar-refractivity contribution >= 4 is 60.3 Å². The third kappa shape index (κ3) is 2.62. The number of hydrogen-bond acceptors (Lipinski definition) is 4. The Kier molecular flexibility index (Phi) is 3.97. The van der Waals surface area contributed by atoms with Crippen LogP contribution in [0, 0.1) is 0 Å². The van der Waals surface area contributed by atoms with Gasteiger partial charge in [-0.1, -0.05) is 0 Å². The van der Waals surface area contributed by atoms with Crippen LogP contribution in [0.25, 0.3) is 0 Å². The smallest absolute Gasteiger partial charge is 0.206 e. The van der Waals surface area contributed by atoms with Gasteiger partial charge >= 0.3 is 0 Å². The number of thiophene rings is 2. The fraction of sp³-hybridized carbons (Fsp3) is 0.100. The summed E-state index contributed by atoms with van der Waals surface area (Å²) < 4.78 is 1.79. The van der Waals surface area contributed by atoms with E-state index < -0.39 is 6.10 Å². The number of Topliss-reactive ketones (excluding diaryl/α,β-unsaturated/α-hetero) is 1. The molecular weight excluding hydrogens is 376 g/mol. The molecule has 0 aromatic carbocycles. The standard InChI is InChI=1S/C10H6Br2O2S2/c11-7-3-1-5(15-7)9(13)10(14)6-2-4-8(12)16-6/h1-4,9,13H. The minimum absolute atomic E-state index is 0.259. The lowest BCUT2D eigenvalue weighted by Gasteiger charge is -2.04. The first-order valence-electron chi connectivity index (χ1n) is 4.31. The van der Waals surface area contributed by atoms with Crippen molar-refractivity contribution in [3.05, 3.63) is 41.6 Å². The molecule has 0 aliphatic heterocycles. The molecule has 2 aromatic heterocycles. The predicted molar refractivity (Wildman–Crippen MR) is 73.3 cm³/mol. The van der Waals surface area contributed by atoms with Gasteiger partial charge in [-0.25, -0.2) is 0 Å². The molecule has 0 saturated heterocycles. The Morgan fingerprint density at radius 1 is 1.12 bits per heavy atom. The SMILES string of the molecule is O=C(c1ccc(Br)s1)C(O)c1ccc(Br)s1. The topological polar surface area (TPSA) is 37.3 Å². The number of halogens is 2. The van der Waals surface area contributed by atoms with Gasteiger partial charge in [0.05, 0.1) is 12.4 Å². The summed E-state index contributed by atoms with van der Waals surface area (Å²) in [6.45, 7) is 0. The van der Waals surface area contributed by atoms with Crippen LogP contribution in [0.2, 0.25) is 0 Å². The van der Waals surface area contributed by atoms with Gasteiger partial charge in [0.25, 0.3) is 0 Å². The van der Waals surface area contributed by atoms with Crippen molar-refractivity contribution in [1.82, 2.24) is 0 Å². The highest BCUT2D eigenvalue weighted by Crippen LogP contribution is 2.31. The van der Waals surface area contributed by atoms with Gasteiger partial charge in [0.1, 0.15) is 0 Å². The van der Waals surface area contributed by atoms with Crippen LogP contribution >= 0.6 is 54.5 Å². The summed E-state index contributed by atoms with van der Waals surface area (Å²) >= 11 is 9.28. The van der Waals surface area contributed by atoms with Gasteiger partial charge in [-0.15, -0.1) is 22.7 Å². The van der Waals surface area contributed by atoms with E-state index in [4.69, 9.17) is 0 Å². The molecule has 0 amide bonds. The van der Waals surface area contributed by atoms with Crippen molar-refractivity contribution in [2.24, 2.45) is 0 Å². The van der Waals surface area contributed by atoms with E-state index in [9.17, 15) is 9.90 Å². The molecule has 2 heterocycles. The maximum atomic E-state index is 11.9. The van der Waals surface area contributed by atoms with E-state index in [0.29, 0.717) is 9.75 Å². The van der Waals surface area contributed by atoms with Gasteiger partial charge in [-0.3, -0.25) is 4.79 Å². The van der Waals surface area contributed by atoms with Crippen molar-refractivity contribution in [1.29, 1.82) is 0 Å². The molecule has 2 nitrogen and oxygen atoms in total. The average molecular weight is 382 g/mol. The zero-order valence-corrected chi connectivity index (χ0v) is 12.6. The molecule has 16 heavy (non-hydrogen) atoms. The molecule has 0 fully saturated rings. The number of hydrogen-bond donors (Lipinski definition) is 1. The fourth-order valence-electron chi connectivity index (χ4n) is 1.19. The Labute approximate surface area is 117 Å². The minimum atomic E-state index is -1.07. The van der Waals surface area contributed by atoms with Gasteiger partial charge in [0.2, 0.25) is 5.78 Å². The van der Waals surface area contributed by atoms with Gasteiger partial charge in [0, 0.05) is 4.88 Å². The van der Waals surface area contributed by atoms with Crippen molar-refractivity contribution in [2.75, 3.05) is 0 Å². The minimum Gasteiger partial charge on any atom is -0.379 e. The molecule has 0 saturated carbocycles. The molecular formula is C10H6Br2O2S2. The third-order valence-electron chi connectivity index (χ3n) is 1.93. The Bertz CT molecular complexity index is 518. The molecule has 1 unspecified atom stereocenters. The van der Waals surface area contributed by atoms with Crippen molar-refractivity contribution < 1.29 is 9.90 Å². The normalized spacial score (nSPS) is 12.7. The second-order valence-electron chi connectivity index (χ2n) is 3.01. The highest BCUT2D eigenvalue weighted by molar-refractivity contribution is 9.11. The summed E-state index contributed by atoms with van der Waals surface area (Å²) in [6, 6.07) is 7.08. The molecule has 1 atom stereocenters. The van der Waals surface area contributed by atoms with Crippen LogP contribution in [0.1, 0.15) is 20.7 Å². The highest BCUT2D eigenvalue weighted by atomic mass is 79.9. The fourth-order valence-corrected chi connectivity index (χ4v) is 3.94. The van der Waals surface area contributed by atoms with E-state index in [0.717, 1.165) is 7.57 Å². The van der Waals surface area contributed by atoms with E-state index in [1.54, 1.807) is 18.2 Å². The zero-order valence-electron chi connectivity index (χ0n) is 7.81. The lowest BCUT2D eigenvalue weighted by atomic mass is 10.2. The summed E-state index contributed by atoms with van der Waals surface area (Å²) in [5.41, 5.74) is 0. The molecule has 6 heteroatoms. The van der Waals surface area contributed by atoms with Crippen LogP contribution in [-0.4, -0.2) is 10.9 Å². The van der Waals surface area contributed by atoms with Crippen LogP contribution in [-0.2, 0) is 0 Å². The summed E-state index contributed by atoms with van der Waals surface area (Å²) in [5.74, 6) is -0.259. The zero-order chi connectivity index (χ0) is 11.7. The maximum absolute atomic E-state index is 11.9. The molecule has 0 spiro atoms. The number of carbonyl (C=O) groups excluding carboxylic acids is 1. The Hall–Kier alpha value is -0.0100. The number of carbonyl (C=O) groups is 1. The summed E-state index contributed by atoms with van der Waals surface area (Å²) in [6.07, 6.45) is -1.07. The van der Waals surface area contributed by atoms with E-state index in [1.165, 1.54) is 22.7 Å². The number of aliphatic hydroxyl groups is 1. The highest BCUT2D eigenvalue weighted by Gasteiger charge is 2.22. The Morgan fingerprint density at radius 2 is 1.75 bits per heavy atom. The lowest BCUT2D eigenvalue weighted by molar-refractivity contribution is 0.0758. The van der Waals surface area contributed by atoms with Crippen molar-refractivity contribution in [3.8, 4) is 0 Å². The van der Waals surface area contributed by atoms with Crippen LogP contribution in [0.3, 0.4) is 0 Å². The van der Waals surface area contributed by atoms with Crippen LogP contribution in [0.5, 0.6) is 0 Å².